The van der Waals surface area contributed by atoms with Gasteiger partial charge in [-0.2, -0.15) is 5.10 Å². The molecule has 0 fully saturated rings. The third kappa shape index (κ3) is 1.86. The zero-order valence-electron chi connectivity index (χ0n) is 9.98. The van der Waals surface area contributed by atoms with Crippen molar-refractivity contribution in [1.82, 2.24) is 24.8 Å². The molecular weight excluding hydrogens is 238 g/mol. The van der Waals surface area contributed by atoms with Gasteiger partial charge < -0.3 is 10.2 Å². The van der Waals surface area contributed by atoms with Crippen LogP contribution >= 0.6 is 0 Å². The van der Waals surface area contributed by atoms with Crippen molar-refractivity contribution in [2.45, 2.75) is 13.0 Å². The van der Waals surface area contributed by atoms with Gasteiger partial charge in [-0.25, -0.2) is 9.48 Å². The first-order valence-corrected chi connectivity index (χ1v) is 5.34. The van der Waals surface area contributed by atoms with Crippen molar-refractivity contribution in [1.29, 1.82) is 0 Å². The lowest BCUT2D eigenvalue weighted by Crippen LogP contribution is -2.14. The summed E-state index contributed by atoms with van der Waals surface area (Å²) in [4.78, 5) is 11.1. The van der Waals surface area contributed by atoms with Crippen LogP contribution in [0.25, 0.3) is 11.4 Å². The Morgan fingerprint density at radius 3 is 2.78 bits per heavy atom. The number of rotatable bonds is 4. The van der Waals surface area contributed by atoms with Crippen LogP contribution in [0.4, 0.5) is 0 Å². The Balaban J connectivity index is 2.65. The topological polar surface area (TPSA) is 106 Å². The van der Waals surface area contributed by atoms with Gasteiger partial charge in [-0.05, 0) is 13.0 Å². The number of nitrogens with zero attached hydrogens (tertiary/aromatic N) is 5. The molecule has 0 aromatic carbocycles. The van der Waals surface area contributed by atoms with Gasteiger partial charge in [0.2, 0.25) is 0 Å². The Bertz CT molecular complexity index is 574. The van der Waals surface area contributed by atoms with Gasteiger partial charge in [0.25, 0.3) is 0 Å². The maximum absolute atomic E-state index is 11.1. The number of carboxylic acid groups (broad SMARTS) is 1. The normalized spacial score (nSPS) is 12.6. The lowest BCUT2D eigenvalue weighted by Gasteiger charge is -2.12. The van der Waals surface area contributed by atoms with E-state index < -0.39 is 5.97 Å². The average Bonchev–Trinajstić information content (AvgIpc) is 2.93. The molecule has 2 heterocycles. The largest absolute Gasteiger partial charge is 0.476 e. The minimum atomic E-state index is -1.16. The molecule has 2 N–H and O–H groups in total. The second kappa shape index (κ2) is 4.57. The standard InChI is InChI=1S/C10H13N5O3/c1-6(5-16)15-9(7-3-4-11-14(7)2)8(10(17)18)12-13-15/h3-4,6,16H,5H2,1-2H3,(H,17,18). The number of aryl methyl sites for hydroxylation is 1. The highest BCUT2D eigenvalue weighted by Gasteiger charge is 2.24. The van der Waals surface area contributed by atoms with Crippen LogP contribution < -0.4 is 0 Å². The van der Waals surface area contributed by atoms with Crippen molar-refractivity contribution in [3.05, 3.63) is 18.0 Å². The number of aromatic nitrogens is 5. The van der Waals surface area contributed by atoms with Gasteiger partial charge >= 0.3 is 5.97 Å². The fourth-order valence-corrected chi connectivity index (χ4v) is 1.67. The van der Waals surface area contributed by atoms with Gasteiger partial charge in [0, 0.05) is 13.2 Å². The Kier molecular flexibility index (Phi) is 3.11. The van der Waals surface area contributed by atoms with Crippen LogP contribution in [0.1, 0.15) is 23.5 Å². The first kappa shape index (κ1) is 12.2. The first-order valence-electron chi connectivity index (χ1n) is 5.34. The van der Waals surface area contributed by atoms with Gasteiger partial charge in [0.1, 0.15) is 5.69 Å². The molecule has 18 heavy (non-hydrogen) atoms. The molecule has 0 saturated carbocycles. The summed E-state index contributed by atoms with van der Waals surface area (Å²) in [6.07, 6.45) is 1.56. The molecule has 96 valence electrons. The van der Waals surface area contributed by atoms with Crippen LogP contribution in [0.5, 0.6) is 0 Å². The summed E-state index contributed by atoms with van der Waals surface area (Å²) in [7, 11) is 1.70. The van der Waals surface area contributed by atoms with E-state index >= 15 is 0 Å². The van der Waals surface area contributed by atoms with Crippen LogP contribution in [-0.2, 0) is 7.05 Å². The van der Waals surface area contributed by atoms with Crippen LogP contribution in [0.2, 0.25) is 0 Å². The second-order valence-corrected chi connectivity index (χ2v) is 3.91. The molecule has 1 atom stereocenters. The van der Waals surface area contributed by atoms with Crippen molar-refractivity contribution < 1.29 is 15.0 Å². The molecule has 0 spiro atoms. The van der Waals surface area contributed by atoms with Gasteiger partial charge in [-0.1, -0.05) is 5.21 Å². The number of aromatic carboxylic acids is 1. The van der Waals surface area contributed by atoms with Gasteiger partial charge in [0.15, 0.2) is 5.69 Å². The lowest BCUT2D eigenvalue weighted by molar-refractivity contribution is 0.0691. The van der Waals surface area contributed by atoms with Crippen LogP contribution in [0.3, 0.4) is 0 Å². The summed E-state index contributed by atoms with van der Waals surface area (Å²) in [5, 5.41) is 29.7. The van der Waals surface area contributed by atoms with E-state index in [1.54, 1.807) is 26.2 Å². The molecular formula is C10H13N5O3. The molecule has 0 aliphatic rings. The van der Waals surface area contributed by atoms with E-state index in [0.29, 0.717) is 11.4 Å². The summed E-state index contributed by atoms with van der Waals surface area (Å²) in [6, 6.07) is 1.31. The Hall–Kier alpha value is -2.22. The summed E-state index contributed by atoms with van der Waals surface area (Å²) in [5.74, 6) is -1.16. The van der Waals surface area contributed by atoms with Gasteiger partial charge in [-0.3, -0.25) is 4.68 Å². The number of hydrogen-bond donors (Lipinski definition) is 2. The van der Waals surface area contributed by atoms with Crippen molar-refractivity contribution in [3.8, 4) is 11.4 Å². The van der Waals surface area contributed by atoms with Gasteiger partial charge in [-0.15, -0.1) is 5.10 Å². The molecule has 0 aliphatic carbocycles. The fourth-order valence-electron chi connectivity index (χ4n) is 1.67. The summed E-state index contributed by atoms with van der Waals surface area (Å²) in [6.45, 7) is 1.56. The number of hydrogen-bond acceptors (Lipinski definition) is 5. The number of aliphatic hydroxyl groups excluding tert-OH is 1. The Labute approximate surface area is 102 Å². The van der Waals surface area contributed by atoms with Crippen molar-refractivity contribution >= 4 is 5.97 Å². The van der Waals surface area contributed by atoms with Crippen LogP contribution in [0, 0.1) is 0 Å². The average molecular weight is 251 g/mol. The highest BCUT2D eigenvalue weighted by Crippen LogP contribution is 2.24. The molecule has 0 radical (unpaired) electrons. The van der Waals surface area contributed by atoms with E-state index in [0.717, 1.165) is 0 Å². The second-order valence-electron chi connectivity index (χ2n) is 3.91. The summed E-state index contributed by atoms with van der Waals surface area (Å²) < 4.78 is 2.92. The molecule has 2 aromatic rings. The summed E-state index contributed by atoms with van der Waals surface area (Å²) in [5.41, 5.74) is 0.764. The Morgan fingerprint density at radius 2 is 2.28 bits per heavy atom. The van der Waals surface area contributed by atoms with Crippen molar-refractivity contribution in [2.75, 3.05) is 6.61 Å². The maximum Gasteiger partial charge on any atom is 0.358 e. The molecule has 0 aliphatic heterocycles. The van der Waals surface area contributed by atoms with E-state index in [1.807, 2.05) is 0 Å². The van der Waals surface area contributed by atoms with Crippen LogP contribution in [0.15, 0.2) is 12.3 Å². The van der Waals surface area contributed by atoms with Crippen molar-refractivity contribution in [2.24, 2.45) is 7.05 Å². The number of aliphatic hydroxyl groups is 1. The van der Waals surface area contributed by atoms with E-state index in [9.17, 15) is 4.79 Å². The highest BCUT2D eigenvalue weighted by molar-refractivity contribution is 5.92. The zero-order chi connectivity index (χ0) is 13.3. The highest BCUT2D eigenvalue weighted by atomic mass is 16.4. The molecule has 2 aromatic heterocycles. The Morgan fingerprint density at radius 1 is 1.56 bits per heavy atom. The van der Waals surface area contributed by atoms with E-state index in [-0.39, 0.29) is 18.3 Å². The maximum atomic E-state index is 11.1. The third-order valence-corrected chi connectivity index (χ3v) is 2.64. The molecule has 8 nitrogen and oxygen atoms in total. The predicted molar refractivity (Wildman–Crippen MR) is 61.0 cm³/mol. The third-order valence-electron chi connectivity index (χ3n) is 2.64. The number of carboxylic acids is 1. The van der Waals surface area contributed by atoms with Crippen LogP contribution in [-0.4, -0.2) is 47.6 Å². The van der Waals surface area contributed by atoms with E-state index in [2.05, 4.69) is 15.4 Å². The smallest absolute Gasteiger partial charge is 0.358 e. The molecule has 8 heteroatoms. The zero-order valence-corrected chi connectivity index (χ0v) is 9.98. The molecule has 0 amide bonds. The van der Waals surface area contributed by atoms with E-state index in [4.69, 9.17) is 10.2 Å². The minimum Gasteiger partial charge on any atom is -0.476 e. The SMILES string of the molecule is CC(CO)n1nnc(C(=O)O)c1-c1ccnn1C. The monoisotopic (exact) mass is 251 g/mol. The fraction of sp³-hybridized carbons (Fsp3) is 0.400. The van der Waals surface area contributed by atoms with E-state index in [1.165, 1.54) is 9.36 Å². The molecule has 0 saturated heterocycles. The molecule has 1 unspecified atom stereocenters. The quantitative estimate of drug-likeness (QED) is 0.787. The first-order chi connectivity index (χ1) is 8.56. The minimum absolute atomic E-state index is 0.154. The molecule has 0 bridgehead atoms. The predicted octanol–water partition coefficient (Wildman–Crippen LogP) is -0.0699. The van der Waals surface area contributed by atoms with Gasteiger partial charge in [0.05, 0.1) is 18.3 Å². The lowest BCUT2D eigenvalue weighted by atomic mass is 10.2. The molecule has 2 rings (SSSR count). The van der Waals surface area contributed by atoms with Crippen molar-refractivity contribution in [3.63, 3.8) is 0 Å². The summed E-state index contributed by atoms with van der Waals surface area (Å²) >= 11 is 0. The number of carbonyl (C=O) groups is 1.